The minimum atomic E-state index is -0.825. The quantitative estimate of drug-likeness (QED) is 0.852. The van der Waals surface area contributed by atoms with E-state index in [0.717, 1.165) is 25.0 Å². The molecule has 2 N–H and O–H groups in total. The Balaban J connectivity index is 0.00000162. The van der Waals surface area contributed by atoms with Crippen LogP contribution in [0.1, 0.15) is 23.2 Å². The van der Waals surface area contributed by atoms with Gasteiger partial charge in [0.15, 0.2) is 0 Å². The number of hydrogen-bond acceptors (Lipinski definition) is 2. The van der Waals surface area contributed by atoms with Gasteiger partial charge < -0.3 is 10.6 Å². The van der Waals surface area contributed by atoms with E-state index < -0.39 is 23.1 Å². The van der Waals surface area contributed by atoms with Crippen LogP contribution < -0.4 is 5.73 Å². The summed E-state index contributed by atoms with van der Waals surface area (Å²) in [6, 6.07) is 3.30. The normalized spacial score (nSPS) is 19.3. The molecule has 0 aliphatic carbocycles. The first-order valence-electron chi connectivity index (χ1n) is 5.58. The Morgan fingerprint density at radius 1 is 1.33 bits per heavy atom. The highest BCUT2D eigenvalue weighted by molar-refractivity contribution is 5.94. The topological polar surface area (TPSA) is 46.3 Å². The van der Waals surface area contributed by atoms with Gasteiger partial charge >= 0.3 is 0 Å². The molecule has 1 aromatic carbocycles. The molecule has 1 fully saturated rings. The summed E-state index contributed by atoms with van der Waals surface area (Å²) in [4.78, 5) is 13.4. The van der Waals surface area contributed by atoms with E-state index in [4.69, 9.17) is 5.73 Å². The Kier molecular flexibility index (Phi) is 5.04. The molecule has 1 amide bonds. The zero-order chi connectivity index (χ0) is 12.4. The zero-order valence-electron chi connectivity index (χ0n) is 9.73. The Labute approximate surface area is 110 Å². The number of rotatable bonds is 1. The molecule has 1 unspecified atom stereocenters. The number of benzene rings is 1. The van der Waals surface area contributed by atoms with Gasteiger partial charge in [-0.05, 0) is 25.0 Å². The first-order valence-corrected chi connectivity index (χ1v) is 5.58. The third-order valence-corrected chi connectivity index (χ3v) is 2.92. The first-order chi connectivity index (χ1) is 8.09. The minimum Gasteiger partial charge on any atom is -0.337 e. The third-order valence-electron chi connectivity index (χ3n) is 2.92. The average molecular weight is 277 g/mol. The smallest absolute Gasteiger partial charge is 0.259 e. The Morgan fingerprint density at radius 2 is 1.94 bits per heavy atom. The molecule has 0 saturated carbocycles. The molecule has 100 valence electrons. The van der Waals surface area contributed by atoms with Crippen molar-refractivity contribution in [3.05, 3.63) is 35.4 Å². The van der Waals surface area contributed by atoms with Crippen LogP contribution in [0.2, 0.25) is 0 Å². The van der Waals surface area contributed by atoms with Crippen molar-refractivity contribution in [2.24, 2.45) is 5.73 Å². The fourth-order valence-electron chi connectivity index (χ4n) is 2.05. The number of amides is 1. The van der Waals surface area contributed by atoms with Crippen molar-refractivity contribution in [1.82, 2.24) is 4.90 Å². The number of nitrogens with zero attached hydrogens (tertiary/aromatic N) is 1. The number of halogens is 3. The van der Waals surface area contributed by atoms with Gasteiger partial charge in [-0.1, -0.05) is 6.07 Å². The molecule has 1 aliphatic heterocycles. The number of carbonyl (C=O) groups excluding carboxylic acids is 1. The van der Waals surface area contributed by atoms with Crippen molar-refractivity contribution in [2.45, 2.75) is 18.9 Å². The summed E-state index contributed by atoms with van der Waals surface area (Å²) in [5, 5.41) is 0. The fraction of sp³-hybridized carbons (Fsp3) is 0.417. The minimum absolute atomic E-state index is 0. The van der Waals surface area contributed by atoms with E-state index in [9.17, 15) is 13.6 Å². The van der Waals surface area contributed by atoms with Crippen LogP contribution in [-0.2, 0) is 0 Å². The van der Waals surface area contributed by atoms with E-state index in [2.05, 4.69) is 0 Å². The van der Waals surface area contributed by atoms with Crippen molar-refractivity contribution in [1.29, 1.82) is 0 Å². The average Bonchev–Trinajstić information content (AvgIpc) is 2.28. The van der Waals surface area contributed by atoms with Gasteiger partial charge in [0.1, 0.15) is 17.2 Å². The SMILES string of the molecule is Cl.NC1CCCN(C(=O)c2c(F)cccc2F)C1. The number of carbonyl (C=O) groups is 1. The van der Waals surface area contributed by atoms with Gasteiger partial charge in [0, 0.05) is 19.1 Å². The second-order valence-corrected chi connectivity index (χ2v) is 4.25. The van der Waals surface area contributed by atoms with Crippen LogP contribution in [0.4, 0.5) is 8.78 Å². The molecule has 1 heterocycles. The van der Waals surface area contributed by atoms with E-state index in [1.54, 1.807) is 0 Å². The Morgan fingerprint density at radius 3 is 2.50 bits per heavy atom. The van der Waals surface area contributed by atoms with Crippen LogP contribution in [-0.4, -0.2) is 29.9 Å². The van der Waals surface area contributed by atoms with Crippen LogP contribution in [0.15, 0.2) is 18.2 Å². The van der Waals surface area contributed by atoms with Crippen LogP contribution in [0, 0.1) is 11.6 Å². The molecule has 18 heavy (non-hydrogen) atoms. The maximum Gasteiger partial charge on any atom is 0.259 e. The molecule has 0 radical (unpaired) electrons. The first kappa shape index (κ1) is 14.9. The molecule has 0 spiro atoms. The van der Waals surface area contributed by atoms with Crippen LogP contribution >= 0.6 is 12.4 Å². The lowest BCUT2D eigenvalue weighted by Crippen LogP contribution is -2.46. The van der Waals surface area contributed by atoms with E-state index in [1.807, 2.05) is 0 Å². The van der Waals surface area contributed by atoms with Gasteiger partial charge in [0.2, 0.25) is 0 Å². The molecule has 6 heteroatoms. The highest BCUT2D eigenvalue weighted by Gasteiger charge is 2.26. The Bertz CT molecular complexity index is 422. The lowest BCUT2D eigenvalue weighted by molar-refractivity contribution is 0.0699. The summed E-state index contributed by atoms with van der Waals surface area (Å²) < 4.78 is 26.9. The summed E-state index contributed by atoms with van der Waals surface area (Å²) in [5.41, 5.74) is 5.25. The van der Waals surface area contributed by atoms with Gasteiger partial charge in [-0.15, -0.1) is 12.4 Å². The van der Waals surface area contributed by atoms with Gasteiger partial charge in [0.25, 0.3) is 5.91 Å². The molecule has 0 bridgehead atoms. The van der Waals surface area contributed by atoms with E-state index >= 15 is 0 Å². The summed E-state index contributed by atoms with van der Waals surface area (Å²) in [6.45, 7) is 0.854. The van der Waals surface area contributed by atoms with Crippen LogP contribution in [0.25, 0.3) is 0 Å². The predicted molar refractivity (Wildman–Crippen MR) is 66.7 cm³/mol. The lowest BCUT2D eigenvalue weighted by Gasteiger charge is -2.30. The molecule has 1 aromatic rings. The van der Waals surface area contributed by atoms with Gasteiger partial charge in [0.05, 0.1) is 0 Å². The van der Waals surface area contributed by atoms with Crippen LogP contribution in [0.5, 0.6) is 0 Å². The third kappa shape index (κ3) is 2.97. The molecule has 0 aromatic heterocycles. The summed E-state index contributed by atoms with van der Waals surface area (Å²) in [5.74, 6) is -2.26. The van der Waals surface area contributed by atoms with Crippen molar-refractivity contribution in [2.75, 3.05) is 13.1 Å². The number of nitrogens with two attached hydrogens (primary N) is 1. The van der Waals surface area contributed by atoms with Gasteiger partial charge in [-0.3, -0.25) is 4.79 Å². The monoisotopic (exact) mass is 276 g/mol. The number of piperidine rings is 1. The maximum atomic E-state index is 13.4. The van der Waals surface area contributed by atoms with Crippen molar-refractivity contribution in [3.8, 4) is 0 Å². The number of hydrogen-bond donors (Lipinski definition) is 1. The number of likely N-dealkylation sites (tertiary alicyclic amines) is 1. The lowest BCUT2D eigenvalue weighted by atomic mass is 10.0. The molecule has 3 nitrogen and oxygen atoms in total. The Hall–Kier alpha value is -1.20. The van der Waals surface area contributed by atoms with Crippen molar-refractivity contribution < 1.29 is 13.6 Å². The van der Waals surface area contributed by atoms with E-state index in [1.165, 1.54) is 11.0 Å². The molecular formula is C12H15ClF2N2O. The van der Waals surface area contributed by atoms with Crippen LogP contribution in [0.3, 0.4) is 0 Å². The van der Waals surface area contributed by atoms with Crippen molar-refractivity contribution in [3.63, 3.8) is 0 Å². The highest BCUT2D eigenvalue weighted by Crippen LogP contribution is 2.17. The standard InChI is InChI=1S/C12H14F2N2O.ClH/c13-9-4-1-5-10(14)11(9)12(17)16-6-2-3-8(15)7-16;/h1,4-5,8H,2-3,6-7,15H2;1H. The van der Waals surface area contributed by atoms with Gasteiger partial charge in [-0.25, -0.2) is 8.78 Å². The summed E-state index contributed by atoms with van der Waals surface area (Å²) >= 11 is 0. The molecule has 1 saturated heterocycles. The van der Waals surface area contributed by atoms with Gasteiger partial charge in [-0.2, -0.15) is 0 Å². The molecule has 1 atom stereocenters. The zero-order valence-corrected chi connectivity index (χ0v) is 10.6. The fourth-order valence-corrected chi connectivity index (χ4v) is 2.05. The molecular weight excluding hydrogens is 262 g/mol. The largest absolute Gasteiger partial charge is 0.337 e. The predicted octanol–water partition coefficient (Wildman–Crippen LogP) is 1.95. The van der Waals surface area contributed by atoms with Crippen molar-refractivity contribution >= 4 is 18.3 Å². The molecule has 2 rings (SSSR count). The van der Waals surface area contributed by atoms with E-state index in [0.29, 0.717) is 13.1 Å². The molecule has 1 aliphatic rings. The summed E-state index contributed by atoms with van der Waals surface area (Å²) in [6.07, 6.45) is 1.60. The highest BCUT2D eigenvalue weighted by atomic mass is 35.5. The van der Waals surface area contributed by atoms with E-state index in [-0.39, 0.29) is 18.4 Å². The summed E-state index contributed by atoms with van der Waals surface area (Å²) in [7, 11) is 0. The maximum absolute atomic E-state index is 13.4. The second-order valence-electron chi connectivity index (χ2n) is 4.25. The second kappa shape index (κ2) is 6.11.